The van der Waals surface area contributed by atoms with Gasteiger partial charge in [-0.3, -0.25) is 10.1 Å². The Labute approximate surface area is 171 Å². The van der Waals surface area contributed by atoms with E-state index in [1.807, 2.05) is 31.2 Å². The lowest BCUT2D eigenvalue weighted by Gasteiger charge is -2.25. The first-order valence-electron chi connectivity index (χ1n) is 9.45. The minimum atomic E-state index is -1.02. The number of aryl methyl sites for hydroxylation is 2. The van der Waals surface area contributed by atoms with Gasteiger partial charge in [0.1, 0.15) is 5.75 Å². The smallest absolute Gasteiger partial charge is 0.269 e. The van der Waals surface area contributed by atoms with Crippen LogP contribution in [0.15, 0.2) is 36.4 Å². The molecule has 0 bridgehead atoms. The molecule has 0 aliphatic carbocycles. The molecule has 1 heterocycles. The number of nitrogens with zero attached hydrogens (tertiary/aromatic N) is 1. The molecule has 1 N–H and O–H groups in total. The molecule has 2 aromatic carbocycles. The van der Waals surface area contributed by atoms with E-state index in [-0.39, 0.29) is 11.3 Å². The summed E-state index contributed by atoms with van der Waals surface area (Å²) in [5.41, 5.74) is 3.48. The van der Waals surface area contributed by atoms with Crippen molar-refractivity contribution in [3.8, 4) is 5.75 Å². The topological polar surface area (TPSA) is 51.2 Å². The first kappa shape index (κ1) is 20.3. The highest BCUT2D eigenvalue weighted by Gasteiger charge is 2.31. The van der Waals surface area contributed by atoms with Gasteiger partial charge in [0.25, 0.3) is 5.91 Å². The lowest BCUT2D eigenvalue weighted by molar-refractivity contribution is -0.128. The standard InChI is InChI=1S/C23H28N2O2S/c1-14-8-9-15(2)19-18(14)24-21(28-19)25-20(26)23(6,7)27-17-12-10-16(11-13-17)22(3,4)5/h8-13H,1-7H3,(H,24,25,26). The van der Waals surface area contributed by atoms with E-state index >= 15 is 0 Å². The van der Waals surface area contributed by atoms with Crippen molar-refractivity contribution in [2.75, 3.05) is 5.32 Å². The molecule has 148 valence electrons. The van der Waals surface area contributed by atoms with Crippen LogP contribution in [0.2, 0.25) is 0 Å². The zero-order valence-corrected chi connectivity index (χ0v) is 18.5. The average molecular weight is 397 g/mol. The predicted molar refractivity (Wildman–Crippen MR) is 118 cm³/mol. The minimum Gasteiger partial charge on any atom is -0.478 e. The molecule has 3 rings (SSSR count). The van der Waals surface area contributed by atoms with E-state index in [0.29, 0.717) is 10.9 Å². The summed E-state index contributed by atoms with van der Waals surface area (Å²) in [4.78, 5) is 17.4. The lowest BCUT2D eigenvalue weighted by Crippen LogP contribution is -2.42. The number of ether oxygens (including phenoxy) is 1. The Bertz CT molecular complexity index is 972. The van der Waals surface area contributed by atoms with Crippen LogP contribution in [-0.2, 0) is 10.2 Å². The van der Waals surface area contributed by atoms with E-state index in [2.05, 4.69) is 50.1 Å². The molecule has 0 saturated heterocycles. The van der Waals surface area contributed by atoms with Crippen LogP contribution in [0.5, 0.6) is 5.75 Å². The van der Waals surface area contributed by atoms with Crippen LogP contribution in [0.3, 0.4) is 0 Å². The second-order valence-corrected chi connectivity index (χ2v) is 9.74. The molecule has 0 unspecified atom stereocenters. The van der Waals surface area contributed by atoms with Gasteiger partial charge in [0.05, 0.1) is 10.2 Å². The maximum absolute atomic E-state index is 12.8. The van der Waals surface area contributed by atoms with Gasteiger partial charge < -0.3 is 4.74 Å². The number of hydrogen-bond donors (Lipinski definition) is 1. The number of thiazole rings is 1. The Morgan fingerprint density at radius 2 is 1.57 bits per heavy atom. The van der Waals surface area contributed by atoms with Gasteiger partial charge in [-0.25, -0.2) is 4.98 Å². The van der Waals surface area contributed by atoms with Crippen LogP contribution in [-0.4, -0.2) is 16.5 Å². The number of carbonyl (C=O) groups excluding carboxylic acids is 1. The molecule has 0 aliphatic rings. The van der Waals surface area contributed by atoms with Crippen LogP contribution < -0.4 is 10.1 Å². The van der Waals surface area contributed by atoms with Crippen LogP contribution in [0.25, 0.3) is 10.2 Å². The zero-order chi connectivity index (χ0) is 20.7. The van der Waals surface area contributed by atoms with Crippen molar-refractivity contribution in [2.45, 2.75) is 59.5 Å². The fourth-order valence-electron chi connectivity index (χ4n) is 2.92. The summed E-state index contributed by atoms with van der Waals surface area (Å²) in [7, 11) is 0. The van der Waals surface area contributed by atoms with E-state index in [4.69, 9.17) is 4.74 Å². The molecule has 5 heteroatoms. The molecule has 0 radical (unpaired) electrons. The van der Waals surface area contributed by atoms with Gasteiger partial charge >= 0.3 is 0 Å². The number of carbonyl (C=O) groups is 1. The Morgan fingerprint density at radius 3 is 2.14 bits per heavy atom. The second-order valence-electron chi connectivity index (χ2n) is 8.74. The third-order valence-electron chi connectivity index (χ3n) is 4.80. The van der Waals surface area contributed by atoms with Crippen LogP contribution in [0, 0.1) is 13.8 Å². The van der Waals surface area contributed by atoms with E-state index in [1.54, 1.807) is 13.8 Å². The number of rotatable bonds is 4. The summed E-state index contributed by atoms with van der Waals surface area (Å²) in [6.07, 6.45) is 0. The van der Waals surface area contributed by atoms with Gasteiger partial charge in [-0.15, -0.1) is 0 Å². The van der Waals surface area contributed by atoms with E-state index < -0.39 is 5.60 Å². The molecular weight excluding hydrogens is 368 g/mol. The molecule has 1 aromatic heterocycles. The quantitative estimate of drug-likeness (QED) is 0.588. The number of hydrogen-bond acceptors (Lipinski definition) is 4. The number of nitrogens with one attached hydrogen (secondary N) is 1. The largest absolute Gasteiger partial charge is 0.478 e. The molecule has 0 fully saturated rings. The van der Waals surface area contributed by atoms with Gasteiger partial charge in [0, 0.05) is 0 Å². The molecule has 1 amide bonds. The van der Waals surface area contributed by atoms with Gasteiger partial charge in [-0.05, 0) is 61.9 Å². The third kappa shape index (κ3) is 4.20. The van der Waals surface area contributed by atoms with Crippen molar-refractivity contribution < 1.29 is 9.53 Å². The monoisotopic (exact) mass is 396 g/mol. The number of aromatic nitrogens is 1. The van der Waals surface area contributed by atoms with Gasteiger partial charge in [0.15, 0.2) is 10.7 Å². The summed E-state index contributed by atoms with van der Waals surface area (Å²) in [5, 5.41) is 3.52. The highest BCUT2D eigenvalue weighted by Crippen LogP contribution is 2.32. The first-order chi connectivity index (χ1) is 13.0. The fraction of sp³-hybridized carbons (Fsp3) is 0.391. The summed E-state index contributed by atoms with van der Waals surface area (Å²) < 4.78 is 7.09. The van der Waals surface area contributed by atoms with Crippen molar-refractivity contribution in [3.05, 3.63) is 53.1 Å². The Balaban J connectivity index is 1.76. The predicted octanol–water partition coefficient (Wildman–Crippen LogP) is 6.01. The maximum atomic E-state index is 12.8. The van der Waals surface area contributed by atoms with Crippen LogP contribution in [0.1, 0.15) is 51.3 Å². The summed E-state index contributed by atoms with van der Waals surface area (Å²) >= 11 is 1.49. The maximum Gasteiger partial charge on any atom is 0.269 e. The number of fused-ring (bicyclic) bond motifs is 1. The number of amides is 1. The molecule has 4 nitrogen and oxygen atoms in total. The number of anilines is 1. The summed E-state index contributed by atoms with van der Waals surface area (Å²) in [5.74, 6) is 0.450. The van der Waals surface area contributed by atoms with Gasteiger partial charge in [-0.1, -0.05) is 56.4 Å². The second kappa shape index (κ2) is 7.21. The highest BCUT2D eigenvalue weighted by atomic mass is 32.1. The SMILES string of the molecule is Cc1ccc(C)c2sc(NC(=O)C(C)(C)Oc3ccc(C(C)(C)C)cc3)nc12. The van der Waals surface area contributed by atoms with Crippen LogP contribution >= 0.6 is 11.3 Å². The van der Waals surface area contributed by atoms with Crippen molar-refractivity contribution in [1.82, 2.24) is 4.98 Å². The molecule has 3 aromatic rings. The first-order valence-corrected chi connectivity index (χ1v) is 10.3. The molecule has 0 atom stereocenters. The highest BCUT2D eigenvalue weighted by molar-refractivity contribution is 7.22. The Morgan fingerprint density at radius 1 is 0.964 bits per heavy atom. The van der Waals surface area contributed by atoms with Crippen molar-refractivity contribution in [2.24, 2.45) is 0 Å². The molecular formula is C23H28N2O2S. The minimum absolute atomic E-state index is 0.0779. The van der Waals surface area contributed by atoms with Crippen molar-refractivity contribution in [1.29, 1.82) is 0 Å². The summed E-state index contributed by atoms with van der Waals surface area (Å²) in [6.45, 7) is 14.1. The van der Waals surface area contributed by atoms with Gasteiger partial charge in [0.2, 0.25) is 0 Å². The van der Waals surface area contributed by atoms with Crippen LogP contribution in [0.4, 0.5) is 5.13 Å². The molecule has 0 aliphatic heterocycles. The van der Waals surface area contributed by atoms with E-state index in [1.165, 1.54) is 16.9 Å². The zero-order valence-electron chi connectivity index (χ0n) is 17.6. The normalized spacial score (nSPS) is 12.2. The van der Waals surface area contributed by atoms with Crippen molar-refractivity contribution >= 4 is 32.6 Å². The molecule has 28 heavy (non-hydrogen) atoms. The molecule has 0 saturated carbocycles. The fourth-order valence-corrected chi connectivity index (χ4v) is 3.93. The third-order valence-corrected chi connectivity index (χ3v) is 5.91. The Hall–Kier alpha value is -2.40. The number of benzene rings is 2. The Kier molecular flexibility index (Phi) is 5.24. The summed E-state index contributed by atoms with van der Waals surface area (Å²) in [6, 6.07) is 12.1. The van der Waals surface area contributed by atoms with Gasteiger partial charge in [-0.2, -0.15) is 0 Å². The van der Waals surface area contributed by atoms with E-state index in [0.717, 1.165) is 21.3 Å². The van der Waals surface area contributed by atoms with Crippen molar-refractivity contribution in [3.63, 3.8) is 0 Å². The molecule has 0 spiro atoms. The average Bonchev–Trinajstić information content (AvgIpc) is 3.02. The lowest BCUT2D eigenvalue weighted by atomic mass is 9.87. The van der Waals surface area contributed by atoms with E-state index in [9.17, 15) is 4.79 Å².